The lowest BCUT2D eigenvalue weighted by Gasteiger charge is -1.98. The van der Waals surface area contributed by atoms with E-state index >= 15 is 0 Å². The van der Waals surface area contributed by atoms with Crippen LogP contribution in [0.3, 0.4) is 0 Å². The van der Waals surface area contributed by atoms with Crippen LogP contribution < -0.4 is 17.0 Å². The minimum absolute atomic E-state index is 0.0741. The molecule has 0 fully saturated rings. The SMILES string of the molecule is NNC(=O)Cn1nnnc1N. The Labute approximate surface area is 61.5 Å². The standard InChI is InChI=1S/C3H7N7O/c4-3-7-8-9-10(3)1-2(11)6-5/h1,5H2,(H,6,11)(H2,4,7,9). The first-order valence-electron chi connectivity index (χ1n) is 2.75. The van der Waals surface area contributed by atoms with Gasteiger partial charge in [-0.1, -0.05) is 5.10 Å². The second-order valence-corrected chi connectivity index (χ2v) is 1.76. The maximum absolute atomic E-state index is 10.6. The molecule has 8 nitrogen and oxygen atoms in total. The Morgan fingerprint density at radius 3 is 2.91 bits per heavy atom. The largest absolute Gasteiger partial charge is 0.367 e. The fourth-order valence-electron chi connectivity index (χ4n) is 0.506. The topological polar surface area (TPSA) is 125 Å². The van der Waals surface area contributed by atoms with E-state index in [2.05, 4.69) is 15.5 Å². The number of nitrogens with one attached hydrogen (secondary N) is 1. The molecular formula is C3H7N7O. The average molecular weight is 157 g/mol. The van der Waals surface area contributed by atoms with Gasteiger partial charge in [0.15, 0.2) is 0 Å². The van der Waals surface area contributed by atoms with E-state index in [0.717, 1.165) is 4.68 Å². The van der Waals surface area contributed by atoms with Gasteiger partial charge >= 0.3 is 0 Å². The maximum Gasteiger partial charge on any atom is 0.255 e. The molecule has 1 aromatic rings. The minimum Gasteiger partial charge on any atom is -0.367 e. The summed E-state index contributed by atoms with van der Waals surface area (Å²) in [5, 5.41) is 10.0. The third kappa shape index (κ3) is 1.61. The maximum atomic E-state index is 10.6. The van der Waals surface area contributed by atoms with E-state index in [0.29, 0.717) is 0 Å². The van der Waals surface area contributed by atoms with Crippen LogP contribution in [0.2, 0.25) is 0 Å². The monoisotopic (exact) mass is 157 g/mol. The summed E-state index contributed by atoms with van der Waals surface area (Å²) in [6, 6.07) is 0. The Kier molecular flexibility index (Phi) is 1.97. The number of nitrogens with two attached hydrogens (primary N) is 2. The number of hydrogen-bond acceptors (Lipinski definition) is 6. The van der Waals surface area contributed by atoms with Crippen molar-refractivity contribution >= 4 is 11.9 Å². The van der Waals surface area contributed by atoms with Crippen molar-refractivity contribution in [1.82, 2.24) is 25.6 Å². The van der Waals surface area contributed by atoms with Crippen LogP contribution in [0.4, 0.5) is 5.95 Å². The number of hydrogen-bond donors (Lipinski definition) is 3. The third-order valence-electron chi connectivity index (χ3n) is 1.01. The van der Waals surface area contributed by atoms with Gasteiger partial charge < -0.3 is 5.73 Å². The van der Waals surface area contributed by atoms with Crippen molar-refractivity contribution < 1.29 is 4.79 Å². The first kappa shape index (κ1) is 7.41. The van der Waals surface area contributed by atoms with E-state index < -0.39 is 5.91 Å². The number of carbonyl (C=O) groups is 1. The van der Waals surface area contributed by atoms with Gasteiger partial charge in [-0.2, -0.15) is 0 Å². The van der Waals surface area contributed by atoms with Gasteiger partial charge in [0.2, 0.25) is 5.95 Å². The first-order chi connectivity index (χ1) is 5.24. The predicted molar refractivity (Wildman–Crippen MR) is 34.6 cm³/mol. The highest BCUT2D eigenvalue weighted by Crippen LogP contribution is 1.89. The van der Waals surface area contributed by atoms with E-state index in [1.807, 2.05) is 5.43 Å². The van der Waals surface area contributed by atoms with Gasteiger partial charge in [0.25, 0.3) is 5.91 Å². The summed E-state index contributed by atoms with van der Waals surface area (Å²) < 4.78 is 1.13. The molecule has 0 spiro atoms. The van der Waals surface area contributed by atoms with Crippen molar-refractivity contribution in [2.45, 2.75) is 6.54 Å². The third-order valence-corrected chi connectivity index (χ3v) is 1.01. The summed E-state index contributed by atoms with van der Waals surface area (Å²) in [6.45, 7) is -0.0741. The van der Waals surface area contributed by atoms with Gasteiger partial charge in [-0.25, -0.2) is 10.5 Å². The Morgan fingerprint density at radius 1 is 1.73 bits per heavy atom. The number of carbonyl (C=O) groups excluding carboxylic acids is 1. The van der Waals surface area contributed by atoms with Crippen molar-refractivity contribution in [3.05, 3.63) is 0 Å². The zero-order chi connectivity index (χ0) is 8.27. The summed E-state index contributed by atoms with van der Waals surface area (Å²) in [4.78, 5) is 10.6. The van der Waals surface area contributed by atoms with Crippen LogP contribution in [0.25, 0.3) is 0 Å². The highest BCUT2D eigenvalue weighted by molar-refractivity contribution is 5.75. The van der Waals surface area contributed by atoms with Crippen molar-refractivity contribution in [3.8, 4) is 0 Å². The summed E-state index contributed by atoms with van der Waals surface area (Å²) >= 11 is 0. The van der Waals surface area contributed by atoms with Gasteiger partial charge in [0.1, 0.15) is 6.54 Å². The molecular weight excluding hydrogens is 150 g/mol. The number of nitrogen functional groups attached to an aromatic ring is 1. The molecule has 60 valence electrons. The smallest absolute Gasteiger partial charge is 0.255 e. The molecule has 0 saturated carbocycles. The highest BCUT2D eigenvalue weighted by atomic mass is 16.2. The molecule has 0 bridgehead atoms. The summed E-state index contributed by atoms with van der Waals surface area (Å²) in [6.07, 6.45) is 0. The van der Waals surface area contributed by atoms with Gasteiger partial charge in [-0.15, -0.1) is 0 Å². The van der Waals surface area contributed by atoms with Crippen molar-refractivity contribution in [2.75, 3.05) is 5.73 Å². The summed E-state index contributed by atoms with van der Waals surface area (Å²) in [5.74, 6) is 4.48. The van der Waals surface area contributed by atoms with E-state index in [9.17, 15) is 4.79 Å². The molecule has 0 saturated heterocycles. The van der Waals surface area contributed by atoms with Crippen LogP contribution >= 0.6 is 0 Å². The van der Waals surface area contributed by atoms with Crippen LogP contribution in [-0.2, 0) is 11.3 Å². The number of tetrazole rings is 1. The molecule has 0 aliphatic heterocycles. The van der Waals surface area contributed by atoms with Crippen LogP contribution in [0.1, 0.15) is 0 Å². The van der Waals surface area contributed by atoms with E-state index in [-0.39, 0.29) is 12.5 Å². The second kappa shape index (κ2) is 2.92. The van der Waals surface area contributed by atoms with E-state index in [1.54, 1.807) is 0 Å². The lowest BCUT2D eigenvalue weighted by atomic mass is 10.6. The lowest BCUT2D eigenvalue weighted by molar-refractivity contribution is -0.121. The van der Waals surface area contributed by atoms with Crippen molar-refractivity contribution in [2.24, 2.45) is 5.84 Å². The van der Waals surface area contributed by atoms with Gasteiger partial charge in [0, 0.05) is 0 Å². The summed E-state index contributed by atoms with van der Waals surface area (Å²) in [5.41, 5.74) is 7.17. The van der Waals surface area contributed by atoms with Crippen LogP contribution in [-0.4, -0.2) is 26.1 Å². The van der Waals surface area contributed by atoms with Crippen molar-refractivity contribution in [1.29, 1.82) is 0 Å². The molecule has 8 heteroatoms. The number of rotatable bonds is 2. The minimum atomic E-state index is -0.413. The number of aromatic nitrogens is 4. The fourth-order valence-corrected chi connectivity index (χ4v) is 0.506. The average Bonchev–Trinajstić information content (AvgIpc) is 2.37. The van der Waals surface area contributed by atoms with Crippen LogP contribution in [0, 0.1) is 0 Å². The normalized spacial score (nSPS) is 9.55. The quantitative estimate of drug-likeness (QED) is 0.243. The van der Waals surface area contributed by atoms with Gasteiger partial charge in [-0.3, -0.25) is 10.2 Å². The molecule has 5 N–H and O–H groups in total. The molecule has 0 aliphatic carbocycles. The Hall–Kier alpha value is -1.70. The molecule has 0 unspecified atom stereocenters. The van der Waals surface area contributed by atoms with E-state index in [4.69, 9.17) is 11.6 Å². The molecule has 1 aromatic heterocycles. The molecule has 1 amide bonds. The predicted octanol–water partition coefficient (Wildman–Crippen LogP) is -2.75. The van der Waals surface area contributed by atoms with Gasteiger partial charge in [0.05, 0.1) is 0 Å². The summed E-state index contributed by atoms with van der Waals surface area (Å²) in [7, 11) is 0. The van der Waals surface area contributed by atoms with Crippen LogP contribution in [0.15, 0.2) is 0 Å². The number of hydrazine groups is 1. The Bertz CT molecular complexity index is 254. The highest BCUT2D eigenvalue weighted by Gasteiger charge is 2.04. The zero-order valence-electron chi connectivity index (χ0n) is 5.56. The number of anilines is 1. The second-order valence-electron chi connectivity index (χ2n) is 1.76. The first-order valence-corrected chi connectivity index (χ1v) is 2.75. The molecule has 1 heterocycles. The molecule has 0 aliphatic rings. The van der Waals surface area contributed by atoms with Crippen molar-refractivity contribution in [3.63, 3.8) is 0 Å². The number of amides is 1. The Balaban J connectivity index is 2.64. The van der Waals surface area contributed by atoms with Gasteiger partial charge in [-0.05, 0) is 10.4 Å². The molecule has 0 atom stereocenters. The number of nitrogens with zero attached hydrogens (tertiary/aromatic N) is 4. The van der Waals surface area contributed by atoms with E-state index in [1.165, 1.54) is 0 Å². The Morgan fingerprint density at radius 2 is 2.45 bits per heavy atom. The van der Waals surface area contributed by atoms with Crippen LogP contribution in [0.5, 0.6) is 0 Å². The fraction of sp³-hybridized carbons (Fsp3) is 0.333. The molecule has 11 heavy (non-hydrogen) atoms. The molecule has 0 aromatic carbocycles. The molecule has 1 rings (SSSR count). The zero-order valence-corrected chi connectivity index (χ0v) is 5.56. The molecule has 0 radical (unpaired) electrons. The lowest BCUT2D eigenvalue weighted by Crippen LogP contribution is -2.33.